The maximum absolute atomic E-state index is 9.95. The number of carbonyl (C=O) groups is 1. The lowest BCUT2D eigenvalue weighted by molar-refractivity contribution is -0.115. The lowest BCUT2D eigenvalue weighted by atomic mass is 10.7. The lowest BCUT2D eigenvalue weighted by Crippen LogP contribution is -2.13. The number of carbonyl (C=O) groups excluding carboxylic acids is 1. The van der Waals surface area contributed by atoms with Crippen LogP contribution in [0.1, 0.15) is 0 Å². The summed E-state index contributed by atoms with van der Waals surface area (Å²) in [5, 5.41) is 2.33. The van der Waals surface area contributed by atoms with E-state index in [0.717, 1.165) is 0 Å². The monoisotopic (exact) mass is 83.0 g/mol. The summed E-state index contributed by atoms with van der Waals surface area (Å²) < 4.78 is 0. The average molecular weight is 83.1 g/mol. The van der Waals surface area contributed by atoms with Gasteiger partial charge in [0, 0.05) is 0 Å². The van der Waals surface area contributed by atoms with Gasteiger partial charge < -0.3 is 5.32 Å². The predicted molar refractivity (Wildman–Crippen MR) is 20.9 cm³/mol. The van der Waals surface area contributed by atoms with Crippen molar-refractivity contribution in [2.75, 3.05) is 0 Å². The van der Waals surface area contributed by atoms with Gasteiger partial charge in [-0.1, -0.05) is 0 Å². The molecule has 0 aromatic carbocycles. The Morgan fingerprint density at radius 3 is 2.83 bits per heavy atom. The minimum absolute atomic E-state index is 0.144. The zero-order chi connectivity index (χ0) is 4.41. The fourth-order valence-electron chi connectivity index (χ4n) is 0.243. The topological polar surface area (TPSA) is 41.5 Å². The molecule has 3 nitrogen and oxygen atoms in total. The highest BCUT2D eigenvalue weighted by Crippen LogP contribution is 1.81. The summed E-state index contributed by atoms with van der Waals surface area (Å²) in [6, 6.07) is 0. The van der Waals surface area contributed by atoms with Crippen LogP contribution in [-0.2, 0) is 4.79 Å². The first-order valence-electron chi connectivity index (χ1n) is 1.55. The number of hydrogen-bond donors (Lipinski definition) is 1. The Kier molecular flexibility index (Phi) is 0.602. The molecule has 1 radical (unpaired) electrons. The molecule has 1 amide bonds. The van der Waals surface area contributed by atoms with Crippen molar-refractivity contribution in [3.05, 3.63) is 6.54 Å². The van der Waals surface area contributed by atoms with E-state index in [1.807, 2.05) is 0 Å². The summed E-state index contributed by atoms with van der Waals surface area (Å²) in [7, 11) is 0. The van der Waals surface area contributed by atoms with Gasteiger partial charge >= 0.3 is 0 Å². The van der Waals surface area contributed by atoms with Gasteiger partial charge in [0.15, 0.2) is 6.54 Å². The van der Waals surface area contributed by atoms with Crippen molar-refractivity contribution in [3.63, 3.8) is 0 Å². The molecule has 1 rings (SSSR count). The first-order chi connectivity index (χ1) is 2.89. The van der Waals surface area contributed by atoms with Gasteiger partial charge in [0.05, 0.1) is 6.34 Å². The van der Waals surface area contributed by atoms with E-state index in [-0.39, 0.29) is 5.91 Å². The summed E-state index contributed by atoms with van der Waals surface area (Å²) in [5.41, 5.74) is 0. The summed E-state index contributed by atoms with van der Waals surface area (Å²) in [6.45, 7) is 1.22. The molecule has 1 aliphatic rings. The largest absolute Gasteiger partial charge is 0.315 e. The zero-order valence-corrected chi connectivity index (χ0v) is 3.01. The van der Waals surface area contributed by atoms with Gasteiger partial charge in [-0.05, 0) is 0 Å². The third-order valence-corrected chi connectivity index (χ3v) is 0.473. The SMILES string of the molecule is O=C1[CH]N=CN1. The second-order valence-electron chi connectivity index (χ2n) is 0.916. The zero-order valence-electron chi connectivity index (χ0n) is 3.01. The van der Waals surface area contributed by atoms with Crippen molar-refractivity contribution in [2.45, 2.75) is 0 Å². The molecule has 0 saturated heterocycles. The van der Waals surface area contributed by atoms with Crippen molar-refractivity contribution < 1.29 is 4.79 Å². The Morgan fingerprint density at radius 1 is 1.83 bits per heavy atom. The second-order valence-corrected chi connectivity index (χ2v) is 0.916. The molecular weight excluding hydrogens is 80.0 g/mol. The van der Waals surface area contributed by atoms with E-state index in [1.165, 1.54) is 12.9 Å². The molecule has 0 aromatic heterocycles. The Morgan fingerprint density at radius 2 is 2.67 bits per heavy atom. The molecule has 31 valence electrons. The number of rotatable bonds is 0. The molecule has 3 heteroatoms. The molecular formula is C3H3N2O. The van der Waals surface area contributed by atoms with E-state index in [9.17, 15) is 4.79 Å². The Balaban J connectivity index is 2.52. The summed E-state index contributed by atoms with van der Waals surface area (Å²) in [5.74, 6) is -0.144. The maximum Gasteiger partial charge on any atom is 0.252 e. The molecule has 0 fully saturated rings. The molecule has 1 aliphatic heterocycles. The highest BCUT2D eigenvalue weighted by atomic mass is 16.2. The number of nitrogens with one attached hydrogen (secondary N) is 1. The van der Waals surface area contributed by atoms with Crippen LogP contribution in [0, 0.1) is 6.54 Å². The van der Waals surface area contributed by atoms with Gasteiger partial charge in [0.25, 0.3) is 5.91 Å². The molecule has 0 unspecified atom stereocenters. The van der Waals surface area contributed by atoms with Gasteiger partial charge in [-0.25, -0.2) is 0 Å². The van der Waals surface area contributed by atoms with Gasteiger partial charge in [0.2, 0.25) is 0 Å². The lowest BCUT2D eigenvalue weighted by Gasteiger charge is -1.75. The van der Waals surface area contributed by atoms with Crippen LogP contribution in [0.2, 0.25) is 0 Å². The van der Waals surface area contributed by atoms with Crippen molar-refractivity contribution in [1.29, 1.82) is 0 Å². The highest BCUT2D eigenvalue weighted by Gasteiger charge is 2.00. The third kappa shape index (κ3) is 0.381. The van der Waals surface area contributed by atoms with Crippen LogP contribution < -0.4 is 5.32 Å². The molecule has 0 atom stereocenters. The standard InChI is InChI=1S/C3H3N2O/c6-3-1-4-2-5-3/h1-2H,(H,4,5,6). The first-order valence-corrected chi connectivity index (χ1v) is 1.55. The minimum atomic E-state index is -0.144. The summed E-state index contributed by atoms with van der Waals surface area (Å²) >= 11 is 0. The van der Waals surface area contributed by atoms with E-state index >= 15 is 0 Å². The average Bonchev–Trinajstić information content (AvgIpc) is 1.86. The van der Waals surface area contributed by atoms with Gasteiger partial charge in [-0.3, -0.25) is 9.79 Å². The van der Waals surface area contributed by atoms with E-state index in [4.69, 9.17) is 0 Å². The Bertz CT molecular complexity index is 87.0. The van der Waals surface area contributed by atoms with Crippen LogP contribution >= 0.6 is 0 Å². The maximum atomic E-state index is 9.95. The fraction of sp³-hybridized carbons (Fsp3) is 0. The van der Waals surface area contributed by atoms with Crippen molar-refractivity contribution in [3.8, 4) is 0 Å². The predicted octanol–water partition coefficient (Wildman–Crippen LogP) is -0.694. The minimum Gasteiger partial charge on any atom is -0.315 e. The molecule has 1 heterocycles. The van der Waals surface area contributed by atoms with Crippen LogP contribution in [0.25, 0.3) is 0 Å². The molecule has 0 aliphatic carbocycles. The number of hydrogen-bond acceptors (Lipinski definition) is 2. The third-order valence-electron chi connectivity index (χ3n) is 0.473. The van der Waals surface area contributed by atoms with Crippen molar-refractivity contribution in [2.24, 2.45) is 4.99 Å². The molecule has 0 aromatic rings. The van der Waals surface area contributed by atoms with E-state index in [2.05, 4.69) is 10.3 Å². The van der Waals surface area contributed by atoms with Gasteiger partial charge in [0.1, 0.15) is 0 Å². The van der Waals surface area contributed by atoms with Crippen LogP contribution in [0.15, 0.2) is 4.99 Å². The van der Waals surface area contributed by atoms with Crippen LogP contribution in [-0.4, -0.2) is 12.2 Å². The normalized spacial score (nSPS) is 18.3. The van der Waals surface area contributed by atoms with Crippen LogP contribution in [0.3, 0.4) is 0 Å². The Labute approximate surface area is 35.1 Å². The van der Waals surface area contributed by atoms with Gasteiger partial charge in [-0.2, -0.15) is 0 Å². The highest BCUT2D eigenvalue weighted by molar-refractivity contribution is 5.98. The smallest absolute Gasteiger partial charge is 0.252 e. The molecule has 1 N–H and O–H groups in total. The number of aliphatic imine (C=N–C) groups is 1. The second kappa shape index (κ2) is 1.08. The van der Waals surface area contributed by atoms with Gasteiger partial charge in [-0.15, -0.1) is 0 Å². The first kappa shape index (κ1) is 3.33. The summed E-state index contributed by atoms with van der Waals surface area (Å²) in [4.78, 5) is 13.4. The molecule has 6 heavy (non-hydrogen) atoms. The summed E-state index contributed by atoms with van der Waals surface area (Å²) in [6.07, 6.45) is 1.35. The number of amides is 1. The quantitative estimate of drug-likeness (QED) is 0.413. The van der Waals surface area contributed by atoms with Crippen LogP contribution in [0.4, 0.5) is 0 Å². The Hall–Kier alpha value is -0.860. The van der Waals surface area contributed by atoms with Crippen LogP contribution in [0.5, 0.6) is 0 Å². The number of nitrogens with zero attached hydrogens (tertiary/aromatic N) is 1. The molecule has 0 bridgehead atoms. The van der Waals surface area contributed by atoms with Crippen molar-refractivity contribution >= 4 is 12.2 Å². The fourth-order valence-corrected chi connectivity index (χ4v) is 0.243. The van der Waals surface area contributed by atoms with E-state index in [0.29, 0.717) is 0 Å². The van der Waals surface area contributed by atoms with Crippen molar-refractivity contribution in [1.82, 2.24) is 5.32 Å². The van der Waals surface area contributed by atoms with E-state index in [1.54, 1.807) is 0 Å². The molecule has 0 spiro atoms. The van der Waals surface area contributed by atoms with E-state index < -0.39 is 0 Å². The molecule has 0 saturated carbocycles.